The lowest BCUT2D eigenvalue weighted by Gasteiger charge is -2.48. The summed E-state index contributed by atoms with van der Waals surface area (Å²) in [6.45, 7) is 6.27. The molecule has 21 heavy (non-hydrogen) atoms. The van der Waals surface area contributed by atoms with E-state index in [-0.39, 0.29) is 17.2 Å². The van der Waals surface area contributed by atoms with Crippen LogP contribution in [0.15, 0.2) is 24.3 Å². The third-order valence-corrected chi connectivity index (χ3v) is 4.55. The molecule has 2 atom stereocenters. The fourth-order valence-electron chi connectivity index (χ4n) is 3.59. The maximum atomic E-state index is 13.0. The Morgan fingerprint density at radius 2 is 1.90 bits per heavy atom. The van der Waals surface area contributed by atoms with Gasteiger partial charge in [-0.15, -0.1) is 0 Å². The van der Waals surface area contributed by atoms with Crippen LogP contribution in [0, 0.1) is 17.2 Å². The molecule has 2 unspecified atom stereocenters. The van der Waals surface area contributed by atoms with Gasteiger partial charge in [-0.2, -0.15) is 0 Å². The lowest BCUT2D eigenvalue weighted by atomic mass is 9.62. The molecule has 0 aromatic heterocycles. The van der Waals surface area contributed by atoms with Gasteiger partial charge >= 0.3 is 5.97 Å². The molecule has 0 aliphatic heterocycles. The molecule has 0 spiro atoms. The summed E-state index contributed by atoms with van der Waals surface area (Å²) in [5, 5.41) is 13.1. The monoisotopic (exact) mass is 293 g/mol. The number of nitrogens with one attached hydrogen (secondary N) is 1. The second-order valence-electron chi connectivity index (χ2n) is 7.07. The summed E-state index contributed by atoms with van der Waals surface area (Å²) in [4.78, 5) is 12.1. The summed E-state index contributed by atoms with van der Waals surface area (Å²) >= 11 is 0. The number of carboxylic acid groups (broad SMARTS) is 1. The summed E-state index contributed by atoms with van der Waals surface area (Å²) in [5.74, 6) is -1.10. The van der Waals surface area contributed by atoms with Crippen molar-refractivity contribution >= 4 is 11.7 Å². The van der Waals surface area contributed by atoms with E-state index in [4.69, 9.17) is 0 Å². The molecule has 0 saturated heterocycles. The second kappa shape index (κ2) is 5.66. The fraction of sp³-hybridized carbons (Fsp3) is 0.588. The predicted octanol–water partition coefficient (Wildman–Crippen LogP) is 4.30. The Labute approximate surface area is 125 Å². The van der Waals surface area contributed by atoms with Gasteiger partial charge in [-0.3, -0.25) is 0 Å². The van der Waals surface area contributed by atoms with E-state index in [2.05, 4.69) is 26.1 Å². The predicted molar refractivity (Wildman–Crippen MR) is 81.8 cm³/mol. The SMILES string of the molecule is CC(C)(C)C1CCCCC1(Nc1ccc(F)cc1)C(=O)O. The first-order chi connectivity index (χ1) is 9.75. The first-order valence-corrected chi connectivity index (χ1v) is 7.53. The minimum absolute atomic E-state index is 0.0290. The molecule has 116 valence electrons. The largest absolute Gasteiger partial charge is 0.479 e. The van der Waals surface area contributed by atoms with Gasteiger partial charge in [0.05, 0.1) is 0 Å². The van der Waals surface area contributed by atoms with Crippen LogP contribution in [-0.4, -0.2) is 16.6 Å². The Hall–Kier alpha value is -1.58. The van der Waals surface area contributed by atoms with E-state index in [1.54, 1.807) is 12.1 Å². The molecule has 0 amide bonds. The average Bonchev–Trinajstić information content (AvgIpc) is 2.40. The molecule has 1 aliphatic rings. The number of anilines is 1. The van der Waals surface area contributed by atoms with Crippen molar-refractivity contribution in [1.82, 2.24) is 0 Å². The Kier molecular flexibility index (Phi) is 4.26. The number of hydrogen-bond acceptors (Lipinski definition) is 2. The summed E-state index contributed by atoms with van der Waals surface area (Å²) in [7, 11) is 0. The van der Waals surface area contributed by atoms with Crippen molar-refractivity contribution in [1.29, 1.82) is 0 Å². The Balaban J connectivity index is 2.38. The molecule has 4 heteroatoms. The molecule has 0 heterocycles. The summed E-state index contributed by atoms with van der Waals surface area (Å²) in [6.07, 6.45) is 3.45. The lowest BCUT2D eigenvalue weighted by molar-refractivity contribution is -0.148. The minimum atomic E-state index is -0.978. The van der Waals surface area contributed by atoms with Gasteiger partial charge < -0.3 is 10.4 Å². The van der Waals surface area contributed by atoms with Crippen LogP contribution >= 0.6 is 0 Å². The van der Waals surface area contributed by atoms with E-state index < -0.39 is 11.5 Å². The van der Waals surface area contributed by atoms with Crippen molar-refractivity contribution in [3.63, 3.8) is 0 Å². The number of rotatable bonds is 3. The average molecular weight is 293 g/mol. The Morgan fingerprint density at radius 1 is 1.29 bits per heavy atom. The standard InChI is InChI=1S/C17H24FNO2/c1-16(2,3)14-6-4-5-11-17(14,15(20)21)19-13-9-7-12(18)8-10-13/h7-10,14,19H,4-6,11H2,1-3H3,(H,20,21). The molecule has 2 rings (SSSR count). The van der Waals surface area contributed by atoms with Crippen LogP contribution in [0.25, 0.3) is 0 Å². The smallest absolute Gasteiger partial charge is 0.329 e. The van der Waals surface area contributed by atoms with Crippen LogP contribution in [0.2, 0.25) is 0 Å². The van der Waals surface area contributed by atoms with Gasteiger partial charge in [0.2, 0.25) is 0 Å². The highest BCUT2D eigenvalue weighted by Crippen LogP contribution is 2.46. The van der Waals surface area contributed by atoms with Gasteiger partial charge in [0.25, 0.3) is 0 Å². The molecule has 1 fully saturated rings. The lowest BCUT2D eigenvalue weighted by Crippen LogP contribution is -2.58. The Morgan fingerprint density at radius 3 is 2.43 bits per heavy atom. The zero-order valence-electron chi connectivity index (χ0n) is 12.9. The number of halogens is 1. The minimum Gasteiger partial charge on any atom is -0.479 e. The number of aliphatic carboxylic acids is 1. The summed E-state index contributed by atoms with van der Waals surface area (Å²) in [6, 6.07) is 5.92. The van der Waals surface area contributed by atoms with E-state index in [9.17, 15) is 14.3 Å². The van der Waals surface area contributed by atoms with Crippen molar-refractivity contribution in [2.24, 2.45) is 11.3 Å². The van der Waals surface area contributed by atoms with Crippen LogP contribution in [0.4, 0.5) is 10.1 Å². The molecular weight excluding hydrogens is 269 g/mol. The van der Waals surface area contributed by atoms with Gasteiger partial charge in [-0.05, 0) is 48.4 Å². The molecule has 0 bridgehead atoms. The molecule has 0 radical (unpaired) electrons. The molecular formula is C17H24FNO2. The van der Waals surface area contributed by atoms with Gasteiger partial charge in [-0.1, -0.05) is 33.6 Å². The zero-order chi connectivity index (χ0) is 15.7. The van der Waals surface area contributed by atoms with E-state index in [0.29, 0.717) is 12.1 Å². The van der Waals surface area contributed by atoms with Gasteiger partial charge in [0.15, 0.2) is 0 Å². The van der Waals surface area contributed by atoms with Gasteiger partial charge in [0, 0.05) is 5.69 Å². The van der Waals surface area contributed by atoms with E-state index in [1.165, 1.54) is 12.1 Å². The number of benzene rings is 1. The maximum Gasteiger partial charge on any atom is 0.329 e. The molecule has 1 aliphatic carbocycles. The van der Waals surface area contributed by atoms with Crippen LogP contribution in [0.1, 0.15) is 46.5 Å². The fourth-order valence-corrected chi connectivity index (χ4v) is 3.59. The highest BCUT2D eigenvalue weighted by atomic mass is 19.1. The first-order valence-electron chi connectivity index (χ1n) is 7.53. The Bertz CT molecular complexity index is 507. The highest BCUT2D eigenvalue weighted by molar-refractivity contribution is 5.83. The summed E-state index contributed by atoms with van der Waals surface area (Å²) < 4.78 is 13.0. The van der Waals surface area contributed by atoms with Crippen molar-refractivity contribution in [3.8, 4) is 0 Å². The molecule has 1 saturated carbocycles. The molecule has 1 aromatic rings. The van der Waals surface area contributed by atoms with Crippen LogP contribution in [0.3, 0.4) is 0 Å². The van der Waals surface area contributed by atoms with Crippen LogP contribution in [0.5, 0.6) is 0 Å². The molecule has 1 aromatic carbocycles. The number of carboxylic acids is 1. The highest BCUT2D eigenvalue weighted by Gasteiger charge is 2.51. The first kappa shape index (κ1) is 15.8. The van der Waals surface area contributed by atoms with E-state index >= 15 is 0 Å². The third kappa shape index (κ3) is 3.20. The maximum absolute atomic E-state index is 13.0. The molecule has 3 nitrogen and oxygen atoms in total. The number of carbonyl (C=O) groups is 1. The van der Waals surface area contributed by atoms with Crippen molar-refractivity contribution < 1.29 is 14.3 Å². The van der Waals surface area contributed by atoms with Crippen molar-refractivity contribution in [2.75, 3.05) is 5.32 Å². The second-order valence-corrected chi connectivity index (χ2v) is 7.07. The topological polar surface area (TPSA) is 49.3 Å². The third-order valence-electron chi connectivity index (χ3n) is 4.55. The molecule has 2 N–H and O–H groups in total. The van der Waals surface area contributed by atoms with Crippen LogP contribution < -0.4 is 5.32 Å². The normalized spacial score (nSPS) is 26.4. The van der Waals surface area contributed by atoms with Crippen molar-refractivity contribution in [3.05, 3.63) is 30.1 Å². The quantitative estimate of drug-likeness (QED) is 0.873. The van der Waals surface area contributed by atoms with Gasteiger partial charge in [-0.25, -0.2) is 9.18 Å². The van der Waals surface area contributed by atoms with Crippen LogP contribution in [-0.2, 0) is 4.79 Å². The van der Waals surface area contributed by atoms with E-state index in [0.717, 1.165) is 19.3 Å². The number of hydrogen-bond donors (Lipinski definition) is 2. The zero-order valence-corrected chi connectivity index (χ0v) is 12.9. The van der Waals surface area contributed by atoms with E-state index in [1.807, 2.05) is 0 Å². The van der Waals surface area contributed by atoms with Gasteiger partial charge in [0.1, 0.15) is 11.4 Å². The van der Waals surface area contributed by atoms with Crippen molar-refractivity contribution in [2.45, 2.75) is 52.0 Å². The summed E-state index contributed by atoms with van der Waals surface area (Å²) in [5.41, 5.74) is -0.421.